The Labute approximate surface area is 158 Å². The van der Waals surface area contributed by atoms with Crippen molar-refractivity contribution in [3.8, 4) is 0 Å². The molecule has 2 nitrogen and oxygen atoms in total. The van der Waals surface area contributed by atoms with E-state index in [1.165, 1.54) is 51.4 Å². The number of rotatable bonds is 0. The largest absolute Gasteiger partial charge is 3.00 e. The van der Waals surface area contributed by atoms with Crippen LogP contribution in [0.2, 0.25) is 0 Å². The second-order valence-corrected chi connectivity index (χ2v) is 7.12. The average molecular weight is 353 g/mol. The molecule has 0 amide bonds. The Morgan fingerprint density at radius 3 is 1.48 bits per heavy atom. The van der Waals surface area contributed by atoms with E-state index in [4.69, 9.17) is 5.11 Å². The zero-order valence-electron chi connectivity index (χ0n) is 15.6. The molecule has 0 heterocycles. The van der Waals surface area contributed by atoms with E-state index < -0.39 is 11.4 Å². The molecule has 3 rings (SSSR count). The molecule has 0 saturated heterocycles. The first kappa shape index (κ1) is 24.8. The van der Waals surface area contributed by atoms with E-state index in [0.717, 1.165) is 0 Å². The standard InChI is InChI=1S/C13H17.C5H10O2.2CH3.Ti/c1-3-7-12-10(5-1)9-11-6-2-4-8-13(11)12;1-5(2,3)4(6)7;;;/h9H,1-8H2;1-3H3,(H,6,7);2*1H3;/q-1;;2*-1;+3. The zero-order valence-corrected chi connectivity index (χ0v) is 17.2. The van der Waals surface area contributed by atoms with Crippen LogP contribution < -0.4 is 0 Å². The van der Waals surface area contributed by atoms with Crippen molar-refractivity contribution in [2.45, 2.75) is 72.1 Å². The first-order valence-electron chi connectivity index (χ1n) is 7.92. The molecule has 0 aliphatic heterocycles. The van der Waals surface area contributed by atoms with Gasteiger partial charge in [0, 0.05) is 0 Å². The number of carboxylic acids is 1. The molecule has 23 heavy (non-hydrogen) atoms. The number of hydrogen-bond acceptors (Lipinski definition) is 1. The van der Waals surface area contributed by atoms with Crippen molar-refractivity contribution >= 4 is 5.97 Å². The molecule has 129 valence electrons. The van der Waals surface area contributed by atoms with Gasteiger partial charge in [-0.05, 0) is 20.8 Å². The number of carbonyl (C=O) groups is 1. The Hall–Kier alpha value is -0.466. The van der Waals surface area contributed by atoms with Crippen molar-refractivity contribution in [2.24, 2.45) is 5.41 Å². The summed E-state index contributed by atoms with van der Waals surface area (Å²) < 4.78 is 0. The maximum Gasteiger partial charge on any atom is 3.00 e. The van der Waals surface area contributed by atoms with Crippen LogP contribution >= 0.6 is 0 Å². The molecule has 3 heteroatoms. The maximum atomic E-state index is 10.0. The summed E-state index contributed by atoms with van der Waals surface area (Å²) in [5, 5.41) is 8.25. The van der Waals surface area contributed by atoms with Gasteiger partial charge in [0.15, 0.2) is 0 Å². The van der Waals surface area contributed by atoms with Crippen molar-refractivity contribution in [3.05, 3.63) is 43.2 Å². The molecule has 0 bridgehead atoms. The van der Waals surface area contributed by atoms with Crippen LogP contribution in [-0.4, -0.2) is 11.1 Å². The van der Waals surface area contributed by atoms with E-state index >= 15 is 0 Å². The van der Waals surface area contributed by atoms with E-state index in [2.05, 4.69) is 6.07 Å². The van der Waals surface area contributed by atoms with Gasteiger partial charge < -0.3 is 20.0 Å². The van der Waals surface area contributed by atoms with Crippen LogP contribution in [0.25, 0.3) is 0 Å². The minimum Gasteiger partial charge on any atom is -0.481 e. The first-order valence-corrected chi connectivity index (χ1v) is 7.92. The molecule has 2 aliphatic carbocycles. The van der Waals surface area contributed by atoms with Crippen molar-refractivity contribution < 1.29 is 31.6 Å². The fraction of sp³-hybridized carbons (Fsp3) is 0.600. The van der Waals surface area contributed by atoms with Crippen molar-refractivity contribution in [1.29, 1.82) is 0 Å². The monoisotopic (exact) mass is 353 g/mol. The summed E-state index contributed by atoms with van der Waals surface area (Å²) in [4.78, 5) is 10.0. The smallest absolute Gasteiger partial charge is 0.481 e. The summed E-state index contributed by atoms with van der Waals surface area (Å²) in [5.41, 5.74) is 6.36. The van der Waals surface area contributed by atoms with E-state index in [9.17, 15) is 4.79 Å². The SMILES string of the molecule is CC(C)(C)C(=O)O.[CH3-].[CH3-].[Ti+3].[cH-]1c2c(c3c1CCCC3)CCCC2. The quantitative estimate of drug-likeness (QED) is 0.515. The van der Waals surface area contributed by atoms with Crippen molar-refractivity contribution in [1.82, 2.24) is 0 Å². The number of carboxylic acid groups (broad SMARTS) is 1. The van der Waals surface area contributed by atoms with Gasteiger partial charge in [0.05, 0.1) is 5.41 Å². The molecule has 0 fully saturated rings. The number of aryl methyl sites for hydroxylation is 2. The summed E-state index contributed by atoms with van der Waals surface area (Å²) in [6, 6.07) is 2.52. The van der Waals surface area contributed by atoms with Gasteiger partial charge in [0.2, 0.25) is 0 Å². The molecule has 0 saturated carbocycles. The number of aliphatic carboxylic acids is 1. The Balaban J connectivity index is 0. The van der Waals surface area contributed by atoms with Crippen LogP contribution in [0, 0.1) is 20.3 Å². The fourth-order valence-electron chi connectivity index (χ4n) is 3.08. The molecule has 2 aliphatic rings. The molecule has 1 aromatic rings. The molecular weight excluding hydrogens is 320 g/mol. The van der Waals surface area contributed by atoms with Gasteiger partial charge in [-0.15, -0.1) is 0 Å². The van der Waals surface area contributed by atoms with E-state index in [0.29, 0.717) is 0 Å². The topological polar surface area (TPSA) is 37.3 Å². The predicted octanol–water partition coefficient (Wildman–Crippen LogP) is 5.18. The fourth-order valence-corrected chi connectivity index (χ4v) is 3.08. The van der Waals surface area contributed by atoms with Crippen molar-refractivity contribution in [3.63, 3.8) is 0 Å². The number of hydrogen-bond donors (Lipinski definition) is 1. The summed E-state index contributed by atoms with van der Waals surface area (Å²) in [6.45, 7) is 4.99. The van der Waals surface area contributed by atoms with Gasteiger partial charge in [0.25, 0.3) is 0 Å². The minimum atomic E-state index is -0.757. The predicted molar refractivity (Wildman–Crippen MR) is 95.2 cm³/mol. The second kappa shape index (κ2) is 10.4. The Kier molecular flexibility index (Phi) is 11.2. The average Bonchev–Trinajstić information content (AvgIpc) is 2.77. The second-order valence-electron chi connectivity index (χ2n) is 7.12. The molecule has 0 spiro atoms. The van der Waals surface area contributed by atoms with Gasteiger partial charge in [-0.2, -0.15) is 28.3 Å². The van der Waals surface area contributed by atoms with Gasteiger partial charge >= 0.3 is 27.7 Å². The summed E-state index contributed by atoms with van der Waals surface area (Å²) in [5.74, 6) is -0.757. The summed E-state index contributed by atoms with van der Waals surface area (Å²) in [7, 11) is 0. The molecule has 1 radical (unpaired) electrons. The minimum absolute atomic E-state index is 0. The van der Waals surface area contributed by atoms with Crippen LogP contribution in [0.1, 0.15) is 68.7 Å². The molecular formula is C20H33O2Ti. The van der Waals surface area contributed by atoms with Crippen molar-refractivity contribution in [2.75, 3.05) is 0 Å². The van der Waals surface area contributed by atoms with Crippen LogP contribution in [0.3, 0.4) is 0 Å². The summed E-state index contributed by atoms with van der Waals surface area (Å²) in [6.07, 6.45) is 11.2. The zero-order chi connectivity index (χ0) is 14.8. The molecule has 0 aromatic heterocycles. The molecule has 0 atom stereocenters. The molecule has 1 N–H and O–H groups in total. The van der Waals surface area contributed by atoms with Crippen LogP contribution in [-0.2, 0) is 52.2 Å². The van der Waals surface area contributed by atoms with Crippen LogP contribution in [0.15, 0.2) is 6.07 Å². The van der Waals surface area contributed by atoms with Crippen LogP contribution in [0.5, 0.6) is 0 Å². The van der Waals surface area contributed by atoms with E-state index in [1.54, 1.807) is 43.0 Å². The van der Waals surface area contributed by atoms with Gasteiger partial charge in [-0.25, -0.2) is 0 Å². The van der Waals surface area contributed by atoms with E-state index in [1.807, 2.05) is 0 Å². The number of fused-ring (bicyclic) bond motifs is 3. The maximum absolute atomic E-state index is 10.0. The third kappa shape index (κ3) is 6.51. The Bertz CT molecular complexity index is 450. The normalized spacial score (nSPS) is 15.3. The van der Waals surface area contributed by atoms with Gasteiger partial charge in [-0.3, -0.25) is 4.79 Å². The van der Waals surface area contributed by atoms with Crippen LogP contribution in [0.4, 0.5) is 0 Å². The third-order valence-electron chi connectivity index (χ3n) is 4.38. The Morgan fingerprint density at radius 2 is 1.17 bits per heavy atom. The van der Waals surface area contributed by atoms with E-state index in [-0.39, 0.29) is 36.6 Å². The third-order valence-corrected chi connectivity index (χ3v) is 4.38. The first-order chi connectivity index (χ1) is 9.39. The molecule has 0 unspecified atom stereocenters. The molecule has 1 aromatic carbocycles. The summed E-state index contributed by atoms with van der Waals surface area (Å²) >= 11 is 0. The van der Waals surface area contributed by atoms with Gasteiger partial charge in [0.1, 0.15) is 0 Å². The van der Waals surface area contributed by atoms with Gasteiger partial charge in [-0.1, -0.05) is 51.4 Å². The Morgan fingerprint density at radius 1 is 0.870 bits per heavy atom.